The Hall–Kier alpha value is -3.84. The Kier molecular flexibility index (Phi) is 7.60. The van der Waals surface area contributed by atoms with E-state index in [0.717, 1.165) is 24.0 Å². The van der Waals surface area contributed by atoms with Gasteiger partial charge in [0.05, 0.1) is 11.6 Å². The summed E-state index contributed by atoms with van der Waals surface area (Å²) in [5.74, 6) is -0.957. The van der Waals surface area contributed by atoms with Crippen LogP contribution in [0.15, 0.2) is 76.9 Å². The lowest BCUT2D eigenvalue weighted by molar-refractivity contribution is -0.129. The predicted molar refractivity (Wildman–Crippen MR) is 139 cm³/mol. The van der Waals surface area contributed by atoms with Gasteiger partial charge in [-0.25, -0.2) is 0 Å². The van der Waals surface area contributed by atoms with Crippen LogP contribution in [0.3, 0.4) is 0 Å². The van der Waals surface area contributed by atoms with E-state index in [0.29, 0.717) is 36.6 Å². The number of aliphatic hydroxyl groups excluding tert-OH is 1. The van der Waals surface area contributed by atoms with E-state index in [4.69, 9.17) is 9.15 Å². The number of carbonyl (C=O) groups excluding carboxylic acids is 2. The summed E-state index contributed by atoms with van der Waals surface area (Å²) in [5, 5.41) is 11.8. The van der Waals surface area contributed by atoms with E-state index in [-0.39, 0.29) is 11.3 Å². The van der Waals surface area contributed by atoms with Crippen LogP contribution in [-0.2, 0) is 4.79 Å². The van der Waals surface area contributed by atoms with Gasteiger partial charge in [-0.2, -0.15) is 0 Å². The van der Waals surface area contributed by atoms with Crippen LogP contribution >= 0.6 is 0 Å². The molecule has 1 atom stereocenters. The van der Waals surface area contributed by atoms with E-state index < -0.39 is 23.5 Å². The summed E-state index contributed by atoms with van der Waals surface area (Å²) >= 11 is 0. The second-order valence-electron chi connectivity index (χ2n) is 8.84. The fraction of sp³-hybridized carbons (Fsp3) is 0.310. The molecule has 0 radical (unpaired) electrons. The molecule has 2 aromatic carbocycles. The number of carbonyl (C=O) groups is 2. The average Bonchev–Trinajstić information content (AvgIpc) is 3.41. The number of ketones is 1. The van der Waals surface area contributed by atoms with Crippen molar-refractivity contribution in [2.45, 2.75) is 26.8 Å². The molecule has 3 aromatic rings. The van der Waals surface area contributed by atoms with Crippen molar-refractivity contribution in [3.05, 3.63) is 89.4 Å². The Labute approximate surface area is 211 Å². The van der Waals surface area contributed by atoms with Crippen LogP contribution in [-0.4, -0.2) is 59.4 Å². The second-order valence-corrected chi connectivity index (χ2v) is 8.84. The zero-order valence-corrected chi connectivity index (χ0v) is 21.0. The number of aliphatic hydroxyl groups is 1. The summed E-state index contributed by atoms with van der Waals surface area (Å²) in [5.41, 5.74) is 2.29. The fourth-order valence-corrected chi connectivity index (χ4v) is 4.59. The van der Waals surface area contributed by atoms with Gasteiger partial charge in [-0.3, -0.25) is 9.59 Å². The van der Waals surface area contributed by atoms with E-state index in [1.54, 1.807) is 29.2 Å². The number of hydrogen-bond donors (Lipinski definition) is 1. The molecule has 1 unspecified atom stereocenters. The van der Waals surface area contributed by atoms with Crippen molar-refractivity contribution < 1.29 is 23.8 Å². The number of nitrogens with zero attached hydrogens (tertiary/aromatic N) is 2. The minimum absolute atomic E-state index is 0.0104. The molecule has 1 aliphatic rings. The highest BCUT2D eigenvalue weighted by Crippen LogP contribution is 2.40. The van der Waals surface area contributed by atoms with Crippen molar-refractivity contribution in [1.82, 2.24) is 9.80 Å². The third-order valence-electron chi connectivity index (χ3n) is 6.54. The topological polar surface area (TPSA) is 83.2 Å². The summed E-state index contributed by atoms with van der Waals surface area (Å²) in [6, 6.07) is 13.8. The van der Waals surface area contributed by atoms with Gasteiger partial charge in [0.15, 0.2) is 11.5 Å². The third-order valence-corrected chi connectivity index (χ3v) is 6.54. The van der Waals surface area contributed by atoms with E-state index in [2.05, 4.69) is 25.3 Å². The molecule has 36 heavy (non-hydrogen) atoms. The number of furan rings is 1. The molecule has 2 heterocycles. The molecule has 7 nitrogen and oxygen atoms in total. The van der Waals surface area contributed by atoms with Crippen molar-refractivity contribution in [3.8, 4) is 5.75 Å². The molecular formula is C29H32N2O5. The first-order valence-electron chi connectivity index (χ1n) is 12.2. The molecule has 7 heteroatoms. The van der Waals surface area contributed by atoms with Crippen LogP contribution < -0.4 is 4.74 Å². The normalized spacial score (nSPS) is 15.8. The molecule has 0 bridgehead atoms. The molecule has 1 N–H and O–H groups in total. The van der Waals surface area contributed by atoms with Crippen LogP contribution in [0, 0.1) is 6.92 Å². The van der Waals surface area contributed by atoms with Crippen molar-refractivity contribution in [3.63, 3.8) is 0 Å². The van der Waals surface area contributed by atoms with Gasteiger partial charge in [-0.15, -0.1) is 0 Å². The lowest BCUT2D eigenvalue weighted by atomic mass is 9.94. The Balaban J connectivity index is 1.76. The molecule has 0 saturated heterocycles. The van der Waals surface area contributed by atoms with Gasteiger partial charge in [0, 0.05) is 18.5 Å². The number of aryl methyl sites for hydroxylation is 1. The molecule has 1 aliphatic heterocycles. The number of Topliss-reactive ketones (excluding diaryl/α,β-unsaturated/α-hetero) is 1. The van der Waals surface area contributed by atoms with E-state index in [1.165, 1.54) is 0 Å². The second kappa shape index (κ2) is 10.8. The lowest BCUT2D eigenvalue weighted by Gasteiger charge is -2.29. The zero-order valence-electron chi connectivity index (χ0n) is 21.0. The molecule has 188 valence electrons. The first kappa shape index (κ1) is 25.3. The molecule has 0 spiro atoms. The maximum atomic E-state index is 13.7. The minimum atomic E-state index is -0.775. The van der Waals surface area contributed by atoms with Gasteiger partial charge < -0.3 is 24.1 Å². The summed E-state index contributed by atoms with van der Waals surface area (Å²) in [4.78, 5) is 30.8. The zero-order chi connectivity index (χ0) is 25.8. The monoisotopic (exact) mass is 488 g/mol. The Morgan fingerprint density at radius 2 is 1.97 bits per heavy atom. The van der Waals surface area contributed by atoms with E-state index in [1.807, 2.05) is 37.3 Å². The molecule has 0 aliphatic carbocycles. The number of rotatable bonds is 11. The van der Waals surface area contributed by atoms with Crippen LogP contribution in [0.1, 0.15) is 41.6 Å². The molecule has 1 aromatic heterocycles. The van der Waals surface area contributed by atoms with Gasteiger partial charge in [0.2, 0.25) is 5.78 Å². The number of hydrogen-bond acceptors (Lipinski definition) is 6. The molecule has 4 rings (SSSR count). The fourth-order valence-electron chi connectivity index (χ4n) is 4.59. The SMILES string of the molecule is C=CCOc1cccc(C2C(C(=O)c3cc4cc(C)ccc4o3)=C(O)C(=O)N2CCN(CC)CC)c1. The number of likely N-dealkylation sites (N-methyl/N-ethyl adjacent to an activating group) is 1. The summed E-state index contributed by atoms with van der Waals surface area (Å²) < 4.78 is 11.5. The molecule has 1 amide bonds. The van der Waals surface area contributed by atoms with Crippen LogP contribution in [0.25, 0.3) is 11.0 Å². The van der Waals surface area contributed by atoms with Crippen LogP contribution in [0.4, 0.5) is 0 Å². The Morgan fingerprint density at radius 3 is 2.69 bits per heavy atom. The maximum Gasteiger partial charge on any atom is 0.290 e. The lowest BCUT2D eigenvalue weighted by Crippen LogP contribution is -2.38. The van der Waals surface area contributed by atoms with Crippen LogP contribution in [0.5, 0.6) is 5.75 Å². The predicted octanol–water partition coefficient (Wildman–Crippen LogP) is 5.23. The maximum absolute atomic E-state index is 13.7. The standard InChI is InChI=1S/C29H32N2O5/c1-5-15-35-22-10-8-9-20(17-22)26-25(28(33)29(34)31(26)14-13-30(6-2)7-3)27(32)24-18-21-16-19(4)11-12-23(21)36-24/h5,8-12,16-18,26,33H,1,6-7,13-15H2,2-4H3. The van der Waals surface area contributed by atoms with Crippen molar-refractivity contribution in [1.29, 1.82) is 0 Å². The average molecular weight is 489 g/mol. The Morgan fingerprint density at radius 1 is 1.19 bits per heavy atom. The number of amides is 1. The van der Waals surface area contributed by atoms with Gasteiger partial charge in [-0.1, -0.05) is 50.3 Å². The van der Waals surface area contributed by atoms with Crippen molar-refractivity contribution in [2.75, 3.05) is 32.8 Å². The van der Waals surface area contributed by atoms with Gasteiger partial charge in [-0.05, 0) is 55.9 Å². The number of fused-ring (bicyclic) bond motifs is 1. The van der Waals surface area contributed by atoms with E-state index in [9.17, 15) is 14.7 Å². The van der Waals surface area contributed by atoms with Gasteiger partial charge in [0.1, 0.15) is 17.9 Å². The summed E-state index contributed by atoms with van der Waals surface area (Å²) in [6.45, 7) is 12.7. The summed E-state index contributed by atoms with van der Waals surface area (Å²) in [7, 11) is 0. The first-order valence-corrected chi connectivity index (χ1v) is 12.2. The van der Waals surface area contributed by atoms with Gasteiger partial charge in [0.25, 0.3) is 5.91 Å². The van der Waals surface area contributed by atoms with Gasteiger partial charge >= 0.3 is 0 Å². The van der Waals surface area contributed by atoms with Crippen molar-refractivity contribution >= 4 is 22.7 Å². The summed E-state index contributed by atoms with van der Waals surface area (Å²) in [6.07, 6.45) is 1.64. The largest absolute Gasteiger partial charge is 0.503 e. The minimum Gasteiger partial charge on any atom is -0.503 e. The number of ether oxygens (including phenoxy) is 1. The third kappa shape index (κ3) is 4.93. The highest BCUT2D eigenvalue weighted by Gasteiger charge is 2.44. The first-order chi connectivity index (χ1) is 17.4. The van der Waals surface area contributed by atoms with Crippen LogP contribution in [0.2, 0.25) is 0 Å². The molecular weight excluding hydrogens is 456 g/mol. The quantitative estimate of drug-likeness (QED) is 0.294. The highest BCUT2D eigenvalue weighted by molar-refractivity contribution is 6.16. The number of benzene rings is 2. The van der Waals surface area contributed by atoms with E-state index >= 15 is 0 Å². The highest BCUT2D eigenvalue weighted by atomic mass is 16.5. The Bertz CT molecular complexity index is 1320. The molecule has 0 saturated carbocycles. The smallest absolute Gasteiger partial charge is 0.290 e. The van der Waals surface area contributed by atoms with Crippen molar-refractivity contribution in [2.24, 2.45) is 0 Å². The molecule has 0 fully saturated rings.